The fourth-order valence-electron chi connectivity index (χ4n) is 4.67. The predicted octanol–water partition coefficient (Wildman–Crippen LogP) is 7.55. The zero-order chi connectivity index (χ0) is 22.6. The number of hydrogen-bond donors (Lipinski definition) is 0. The van der Waals surface area contributed by atoms with Crippen molar-refractivity contribution in [2.45, 2.75) is 26.2 Å². The van der Waals surface area contributed by atoms with Crippen LogP contribution in [0.25, 0.3) is 50.5 Å². The Labute approximate surface area is 194 Å². The van der Waals surface area contributed by atoms with Crippen molar-refractivity contribution < 1.29 is 0 Å². The molecule has 1 heterocycles. The molecule has 0 spiro atoms. The van der Waals surface area contributed by atoms with E-state index in [0.717, 1.165) is 17.1 Å². The molecular formula is C30H25N3. The van der Waals surface area contributed by atoms with Gasteiger partial charge in [0.25, 0.3) is 0 Å². The molecule has 160 valence electrons. The molecule has 0 fully saturated rings. The van der Waals surface area contributed by atoms with Gasteiger partial charge in [-0.1, -0.05) is 99.6 Å². The molecule has 4 aromatic carbocycles. The van der Waals surface area contributed by atoms with Crippen LogP contribution in [0.4, 0.5) is 0 Å². The van der Waals surface area contributed by atoms with Crippen LogP contribution in [0.15, 0.2) is 97.3 Å². The molecule has 0 saturated carbocycles. The Morgan fingerprint density at radius 3 is 2.00 bits per heavy atom. The molecule has 0 aliphatic heterocycles. The van der Waals surface area contributed by atoms with Crippen molar-refractivity contribution in [1.82, 2.24) is 14.8 Å². The molecule has 0 amide bonds. The van der Waals surface area contributed by atoms with Crippen LogP contribution in [-0.4, -0.2) is 14.8 Å². The molecule has 6 rings (SSSR count). The van der Waals surface area contributed by atoms with E-state index in [1.165, 1.54) is 38.9 Å². The SMILES string of the molecule is CC(C)(C)c1cc2c(c(-n3cnnc3-c3ccc(-c4ccccc4)cc3)c1)-c1ccccc1-2. The van der Waals surface area contributed by atoms with E-state index in [9.17, 15) is 0 Å². The highest BCUT2D eigenvalue weighted by Gasteiger charge is 2.29. The molecule has 0 N–H and O–H groups in total. The number of hydrogen-bond acceptors (Lipinski definition) is 2. The first-order valence-electron chi connectivity index (χ1n) is 11.4. The van der Waals surface area contributed by atoms with E-state index < -0.39 is 0 Å². The molecule has 33 heavy (non-hydrogen) atoms. The summed E-state index contributed by atoms with van der Waals surface area (Å²) >= 11 is 0. The van der Waals surface area contributed by atoms with Crippen molar-refractivity contribution in [3.8, 4) is 50.5 Å². The summed E-state index contributed by atoms with van der Waals surface area (Å²) in [6.07, 6.45) is 1.84. The van der Waals surface area contributed by atoms with Crippen molar-refractivity contribution in [1.29, 1.82) is 0 Å². The van der Waals surface area contributed by atoms with Crippen molar-refractivity contribution in [2.24, 2.45) is 0 Å². The van der Waals surface area contributed by atoms with Gasteiger partial charge in [0.05, 0.1) is 5.69 Å². The standard InChI is InChI=1S/C30H25N3/c1-30(2,3)23-17-26-24-11-7-8-12-25(24)28(26)27(18-23)33-19-31-32-29(33)22-15-13-21(14-16-22)20-9-5-4-6-10-20/h4-19H,1-3H3. The molecule has 5 aromatic rings. The van der Waals surface area contributed by atoms with Crippen molar-refractivity contribution in [3.05, 3.63) is 103 Å². The molecule has 0 saturated heterocycles. The summed E-state index contributed by atoms with van der Waals surface area (Å²) in [6, 6.07) is 32.3. The van der Waals surface area contributed by atoms with E-state index in [2.05, 4.69) is 120 Å². The number of fused-ring (bicyclic) bond motifs is 4. The third kappa shape index (κ3) is 3.20. The van der Waals surface area contributed by atoms with E-state index in [1.54, 1.807) is 0 Å². The summed E-state index contributed by atoms with van der Waals surface area (Å²) < 4.78 is 2.14. The lowest BCUT2D eigenvalue weighted by Crippen LogP contribution is -2.15. The third-order valence-corrected chi connectivity index (χ3v) is 6.53. The smallest absolute Gasteiger partial charge is 0.168 e. The number of rotatable bonds is 3. The molecular weight excluding hydrogens is 402 g/mol. The van der Waals surface area contributed by atoms with E-state index >= 15 is 0 Å². The van der Waals surface area contributed by atoms with Crippen molar-refractivity contribution in [3.63, 3.8) is 0 Å². The first kappa shape index (κ1) is 19.7. The summed E-state index contributed by atoms with van der Waals surface area (Å²) in [7, 11) is 0. The fraction of sp³-hybridized carbons (Fsp3) is 0.133. The van der Waals surface area contributed by atoms with Gasteiger partial charge in [-0.25, -0.2) is 0 Å². The van der Waals surface area contributed by atoms with Gasteiger partial charge in [0.15, 0.2) is 5.82 Å². The monoisotopic (exact) mass is 427 g/mol. The lowest BCUT2D eigenvalue weighted by Gasteiger charge is -2.31. The summed E-state index contributed by atoms with van der Waals surface area (Å²) in [5.74, 6) is 0.854. The van der Waals surface area contributed by atoms with Crippen LogP contribution in [0.2, 0.25) is 0 Å². The fourth-order valence-corrected chi connectivity index (χ4v) is 4.67. The zero-order valence-electron chi connectivity index (χ0n) is 19.1. The lowest BCUT2D eigenvalue weighted by atomic mass is 9.75. The molecule has 1 aliphatic carbocycles. The van der Waals surface area contributed by atoms with E-state index in [1.807, 2.05) is 12.4 Å². The van der Waals surface area contributed by atoms with Gasteiger partial charge in [0, 0.05) is 11.1 Å². The Kier molecular flexibility index (Phi) is 4.34. The summed E-state index contributed by atoms with van der Waals surface area (Å²) in [5.41, 5.74) is 11.2. The summed E-state index contributed by atoms with van der Waals surface area (Å²) in [5, 5.41) is 8.83. The van der Waals surface area contributed by atoms with Crippen LogP contribution < -0.4 is 0 Å². The van der Waals surface area contributed by atoms with Gasteiger partial charge in [0.2, 0.25) is 0 Å². The highest BCUT2D eigenvalue weighted by molar-refractivity contribution is 6.06. The Hall–Kier alpha value is -3.98. The second-order valence-corrected chi connectivity index (χ2v) is 9.68. The minimum Gasteiger partial charge on any atom is -0.281 e. The molecule has 0 atom stereocenters. The van der Waals surface area contributed by atoms with Gasteiger partial charge in [-0.2, -0.15) is 0 Å². The molecule has 1 aromatic heterocycles. The number of benzene rings is 4. The molecule has 3 heteroatoms. The molecule has 0 unspecified atom stereocenters. The second-order valence-electron chi connectivity index (χ2n) is 9.68. The Morgan fingerprint density at radius 1 is 0.636 bits per heavy atom. The third-order valence-electron chi connectivity index (χ3n) is 6.53. The van der Waals surface area contributed by atoms with E-state index in [0.29, 0.717) is 0 Å². The number of aromatic nitrogens is 3. The highest BCUT2D eigenvalue weighted by Crippen LogP contribution is 2.51. The van der Waals surface area contributed by atoms with Gasteiger partial charge in [-0.3, -0.25) is 4.57 Å². The van der Waals surface area contributed by atoms with Crippen molar-refractivity contribution in [2.75, 3.05) is 0 Å². The maximum Gasteiger partial charge on any atom is 0.168 e. The van der Waals surface area contributed by atoms with Gasteiger partial charge in [-0.15, -0.1) is 10.2 Å². The minimum atomic E-state index is 0.0415. The average molecular weight is 428 g/mol. The Morgan fingerprint density at radius 2 is 1.27 bits per heavy atom. The second kappa shape index (κ2) is 7.28. The summed E-state index contributed by atoms with van der Waals surface area (Å²) in [6.45, 7) is 6.79. The Bertz CT molecular complexity index is 1470. The Balaban J connectivity index is 1.48. The first-order valence-corrected chi connectivity index (χ1v) is 11.4. The average Bonchev–Trinajstić information content (AvgIpc) is 3.32. The maximum absolute atomic E-state index is 4.52. The highest BCUT2D eigenvalue weighted by atomic mass is 15.3. The van der Waals surface area contributed by atoms with Gasteiger partial charge in [-0.05, 0) is 50.9 Å². The van der Waals surface area contributed by atoms with Gasteiger partial charge in [0.1, 0.15) is 6.33 Å². The maximum atomic E-state index is 4.52. The van der Waals surface area contributed by atoms with Crippen LogP contribution in [0.1, 0.15) is 26.3 Å². The van der Waals surface area contributed by atoms with Crippen LogP contribution in [0.3, 0.4) is 0 Å². The zero-order valence-corrected chi connectivity index (χ0v) is 19.1. The quantitative estimate of drug-likeness (QED) is 0.292. The van der Waals surface area contributed by atoms with Gasteiger partial charge >= 0.3 is 0 Å². The van der Waals surface area contributed by atoms with Crippen LogP contribution in [-0.2, 0) is 5.41 Å². The predicted molar refractivity (Wildman–Crippen MR) is 135 cm³/mol. The van der Waals surface area contributed by atoms with E-state index in [4.69, 9.17) is 0 Å². The van der Waals surface area contributed by atoms with Crippen LogP contribution in [0.5, 0.6) is 0 Å². The van der Waals surface area contributed by atoms with Crippen LogP contribution in [0, 0.1) is 0 Å². The normalized spacial score (nSPS) is 12.1. The topological polar surface area (TPSA) is 30.7 Å². The molecule has 3 nitrogen and oxygen atoms in total. The molecule has 0 bridgehead atoms. The van der Waals surface area contributed by atoms with Crippen LogP contribution >= 0.6 is 0 Å². The van der Waals surface area contributed by atoms with Gasteiger partial charge < -0.3 is 0 Å². The lowest BCUT2D eigenvalue weighted by molar-refractivity contribution is 0.590. The molecule has 1 aliphatic rings. The minimum absolute atomic E-state index is 0.0415. The largest absolute Gasteiger partial charge is 0.281 e. The number of nitrogens with zero attached hydrogens (tertiary/aromatic N) is 3. The summed E-state index contributed by atoms with van der Waals surface area (Å²) in [4.78, 5) is 0. The van der Waals surface area contributed by atoms with Crippen molar-refractivity contribution >= 4 is 0 Å². The van der Waals surface area contributed by atoms with E-state index in [-0.39, 0.29) is 5.41 Å². The first-order chi connectivity index (χ1) is 16.0. The molecule has 0 radical (unpaired) electrons.